The number of halogens is 4. The highest BCUT2D eigenvalue weighted by Gasteiger charge is 2.35. The van der Waals surface area contributed by atoms with Crippen LogP contribution in [0.2, 0.25) is 5.02 Å². The summed E-state index contributed by atoms with van der Waals surface area (Å²) in [6, 6.07) is 11.2. The van der Waals surface area contributed by atoms with E-state index in [9.17, 15) is 13.2 Å². The predicted octanol–water partition coefficient (Wildman–Crippen LogP) is 4.97. The molecule has 1 aliphatic heterocycles. The Hall–Kier alpha value is -2.38. The maximum atomic E-state index is 12.7. The zero-order valence-electron chi connectivity index (χ0n) is 14.1. The van der Waals surface area contributed by atoms with E-state index in [-0.39, 0.29) is 0 Å². The molecule has 140 valence electrons. The fourth-order valence-electron chi connectivity index (χ4n) is 3.13. The Labute approximate surface area is 158 Å². The number of fused-ring (bicyclic) bond motifs is 1. The van der Waals surface area contributed by atoms with Crippen LogP contribution in [0.25, 0.3) is 11.3 Å². The van der Waals surface area contributed by atoms with E-state index in [1.165, 1.54) is 6.20 Å². The molecule has 4 nitrogen and oxygen atoms in total. The Balaban J connectivity index is 1.46. The number of benzene rings is 1. The Morgan fingerprint density at radius 2 is 2.04 bits per heavy atom. The lowest BCUT2D eigenvalue weighted by Gasteiger charge is -2.27. The summed E-state index contributed by atoms with van der Waals surface area (Å²) >= 11 is 6.01. The summed E-state index contributed by atoms with van der Waals surface area (Å²) in [7, 11) is 0. The molecule has 0 amide bonds. The van der Waals surface area contributed by atoms with Crippen molar-refractivity contribution >= 4 is 11.6 Å². The van der Waals surface area contributed by atoms with Crippen molar-refractivity contribution in [1.82, 2.24) is 14.9 Å². The standard InChI is InChI=1S/C19H15ClF3N3O/c20-14-3-1-2-12(8-14)17-5-4-15(27-17)11-26-7-6-16-13(10-26)9-24-18(25-16)19(21,22)23/h1-5,8-9H,6-7,10-11H2. The van der Waals surface area contributed by atoms with Crippen LogP contribution in [0.4, 0.5) is 13.2 Å². The average molecular weight is 394 g/mol. The minimum Gasteiger partial charge on any atom is -0.460 e. The molecule has 0 unspecified atom stereocenters. The number of rotatable bonds is 3. The molecule has 3 aromatic rings. The van der Waals surface area contributed by atoms with Gasteiger partial charge in [0, 0.05) is 41.9 Å². The summed E-state index contributed by atoms with van der Waals surface area (Å²) in [4.78, 5) is 9.23. The van der Waals surface area contributed by atoms with Gasteiger partial charge in [0.1, 0.15) is 11.5 Å². The van der Waals surface area contributed by atoms with Gasteiger partial charge in [0.15, 0.2) is 0 Å². The Kier molecular flexibility index (Phi) is 4.65. The fourth-order valence-corrected chi connectivity index (χ4v) is 3.32. The van der Waals surface area contributed by atoms with E-state index >= 15 is 0 Å². The van der Waals surface area contributed by atoms with Crippen molar-refractivity contribution in [2.75, 3.05) is 6.54 Å². The van der Waals surface area contributed by atoms with Crippen molar-refractivity contribution in [3.63, 3.8) is 0 Å². The lowest BCUT2D eigenvalue weighted by Crippen LogP contribution is -2.31. The summed E-state index contributed by atoms with van der Waals surface area (Å²) in [5, 5.41) is 0.635. The molecule has 4 rings (SSSR count). The van der Waals surface area contributed by atoms with E-state index in [0.717, 1.165) is 22.6 Å². The summed E-state index contributed by atoms with van der Waals surface area (Å²) in [5.74, 6) is 0.427. The molecule has 0 saturated carbocycles. The monoisotopic (exact) mass is 393 g/mol. The first kappa shape index (κ1) is 18.0. The number of nitrogens with zero attached hydrogens (tertiary/aromatic N) is 3. The SMILES string of the molecule is FC(F)(F)c1ncc2c(n1)CCN(Cc1ccc(-c3cccc(Cl)c3)o1)C2. The van der Waals surface area contributed by atoms with Gasteiger partial charge in [-0.25, -0.2) is 9.97 Å². The van der Waals surface area contributed by atoms with Crippen LogP contribution in [0.15, 0.2) is 47.0 Å². The predicted molar refractivity (Wildman–Crippen MR) is 94.0 cm³/mol. The zero-order valence-corrected chi connectivity index (χ0v) is 14.9. The minimum absolute atomic E-state index is 0.447. The molecular weight excluding hydrogens is 379 g/mol. The number of hydrogen-bond acceptors (Lipinski definition) is 4. The zero-order chi connectivity index (χ0) is 19.0. The van der Waals surface area contributed by atoms with Gasteiger partial charge in [-0.05, 0) is 24.3 Å². The van der Waals surface area contributed by atoms with E-state index in [2.05, 4.69) is 14.9 Å². The molecule has 8 heteroatoms. The second kappa shape index (κ2) is 6.98. The minimum atomic E-state index is -4.52. The van der Waals surface area contributed by atoms with Gasteiger partial charge < -0.3 is 4.42 Å². The van der Waals surface area contributed by atoms with Crippen LogP contribution in [0.5, 0.6) is 0 Å². The molecule has 0 N–H and O–H groups in total. The maximum Gasteiger partial charge on any atom is 0.451 e. The highest BCUT2D eigenvalue weighted by Crippen LogP contribution is 2.29. The van der Waals surface area contributed by atoms with Gasteiger partial charge in [-0.2, -0.15) is 13.2 Å². The highest BCUT2D eigenvalue weighted by atomic mass is 35.5. The number of alkyl halides is 3. The molecule has 0 saturated heterocycles. The average Bonchev–Trinajstić information content (AvgIpc) is 3.09. The van der Waals surface area contributed by atoms with E-state index in [0.29, 0.717) is 36.8 Å². The maximum absolute atomic E-state index is 12.7. The normalized spacial score (nSPS) is 15.0. The fraction of sp³-hybridized carbons (Fsp3) is 0.263. The molecule has 2 aromatic heterocycles. The van der Waals surface area contributed by atoms with E-state index in [4.69, 9.17) is 16.0 Å². The van der Waals surface area contributed by atoms with Crippen molar-refractivity contribution in [2.45, 2.75) is 25.7 Å². The molecule has 0 aliphatic carbocycles. The second-order valence-corrected chi connectivity index (χ2v) is 6.84. The molecular formula is C19H15ClF3N3O. The van der Waals surface area contributed by atoms with Gasteiger partial charge in [-0.3, -0.25) is 4.90 Å². The molecule has 1 aromatic carbocycles. The summed E-state index contributed by atoms with van der Waals surface area (Å²) in [5.41, 5.74) is 2.08. The van der Waals surface area contributed by atoms with Crippen molar-refractivity contribution in [3.05, 3.63) is 70.5 Å². The van der Waals surface area contributed by atoms with Crippen LogP contribution in [0, 0.1) is 0 Å². The van der Waals surface area contributed by atoms with E-state index in [1.54, 1.807) is 6.07 Å². The third kappa shape index (κ3) is 3.99. The van der Waals surface area contributed by atoms with Crippen LogP contribution in [-0.2, 0) is 25.7 Å². The Morgan fingerprint density at radius 3 is 2.81 bits per heavy atom. The molecule has 0 spiro atoms. The smallest absolute Gasteiger partial charge is 0.451 e. The summed E-state index contributed by atoms with van der Waals surface area (Å²) < 4.78 is 44.1. The first-order valence-electron chi connectivity index (χ1n) is 8.37. The molecule has 0 radical (unpaired) electrons. The van der Waals surface area contributed by atoms with Crippen molar-refractivity contribution < 1.29 is 17.6 Å². The van der Waals surface area contributed by atoms with Crippen LogP contribution in [0.1, 0.15) is 22.8 Å². The van der Waals surface area contributed by atoms with Crippen LogP contribution < -0.4 is 0 Å². The van der Waals surface area contributed by atoms with Gasteiger partial charge in [-0.1, -0.05) is 23.7 Å². The highest BCUT2D eigenvalue weighted by molar-refractivity contribution is 6.30. The van der Waals surface area contributed by atoms with Crippen molar-refractivity contribution in [1.29, 1.82) is 0 Å². The number of furan rings is 1. The second-order valence-electron chi connectivity index (χ2n) is 6.40. The van der Waals surface area contributed by atoms with E-state index < -0.39 is 12.0 Å². The van der Waals surface area contributed by atoms with Crippen LogP contribution >= 0.6 is 11.6 Å². The van der Waals surface area contributed by atoms with Crippen molar-refractivity contribution in [3.8, 4) is 11.3 Å². The largest absolute Gasteiger partial charge is 0.460 e. The lowest BCUT2D eigenvalue weighted by atomic mass is 10.1. The van der Waals surface area contributed by atoms with Crippen LogP contribution in [-0.4, -0.2) is 21.4 Å². The van der Waals surface area contributed by atoms with Gasteiger partial charge in [0.25, 0.3) is 0 Å². The first-order chi connectivity index (χ1) is 12.9. The van der Waals surface area contributed by atoms with Gasteiger partial charge >= 0.3 is 6.18 Å². The van der Waals surface area contributed by atoms with E-state index in [1.807, 2.05) is 30.3 Å². The van der Waals surface area contributed by atoms with Crippen molar-refractivity contribution in [2.24, 2.45) is 0 Å². The molecule has 3 heterocycles. The van der Waals surface area contributed by atoms with Gasteiger partial charge in [0.2, 0.25) is 5.82 Å². The lowest BCUT2D eigenvalue weighted by molar-refractivity contribution is -0.145. The number of aromatic nitrogens is 2. The third-order valence-corrected chi connectivity index (χ3v) is 4.65. The molecule has 0 fully saturated rings. The Bertz CT molecular complexity index is 971. The first-order valence-corrected chi connectivity index (χ1v) is 8.75. The Morgan fingerprint density at radius 1 is 1.19 bits per heavy atom. The quantitative estimate of drug-likeness (QED) is 0.630. The molecule has 1 aliphatic rings. The molecule has 27 heavy (non-hydrogen) atoms. The molecule has 0 bridgehead atoms. The third-order valence-electron chi connectivity index (χ3n) is 4.42. The summed E-state index contributed by atoms with van der Waals surface area (Å²) in [6.45, 7) is 1.65. The topological polar surface area (TPSA) is 42.2 Å². The molecule has 0 atom stereocenters. The number of hydrogen-bond donors (Lipinski definition) is 0. The van der Waals surface area contributed by atoms with Crippen LogP contribution in [0.3, 0.4) is 0 Å². The summed E-state index contributed by atoms with van der Waals surface area (Å²) in [6.07, 6.45) is -2.79. The van der Waals surface area contributed by atoms with Gasteiger partial charge in [0.05, 0.1) is 12.2 Å². The van der Waals surface area contributed by atoms with Gasteiger partial charge in [-0.15, -0.1) is 0 Å².